The number of benzene rings is 1. The van der Waals surface area contributed by atoms with Crippen LogP contribution in [0.4, 0.5) is 0 Å². The Hall–Kier alpha value is -0.400. The van der Waals surface area contributed by atoms with Crippen molar-refractivity contribution in [1.29, 1.82) is 0 Å². The highest BCUT2D eigenvalue weighted by atomic mass is 35.5. The fourth-order valence-electron chi connectivity index (χ4n) is 1.01. The average molecular weight is 219 g/mol. The maximum atomic E-state index is 9.22. The van der Waals surface area contributed by atoms with Crippen molar-refractivity contribution in [2.75, 3.05) is 5.88 Å². The number of phenolic OH excluding ortho intramolecular Hbond substituents is 1. The summed E-state index contributed by atoms with van der Waals surface area (Å²) in [5.41, 5.74) is 0.920. The molecular formula is C10H12Cl2O. The summed E-state index contributed by atoms with van der Waals surface area (Å²) in [5, 5.41) is 9.59. The topological polar surface area (TPSA) is 20.2 Å². The second-order valence-corrected chi connectivity index (χ2v) is 4.36. The summed E-state index contributed by atoms with van der Waals surface area (Å²) in [7, 11) is 0. The lowest BCUT2D eigenvalue weighted by molar-refractivity contribution is 0.474. The summed E-state index contributed by atoms with van der Waals surface area (Å²) in [4.78, 5) is 0. The first-order valence-electron chi connectivity index (χ1n) is 4.02. The molecule has 0 atom stereocenters. The molecule has 0 bridgehead atoms. The molecule has 0 fully saturated rings. The summed E-state index contributed by atoms with van der Waals surface area (Å²) in [5.74, 6) is 0.629. The molecule has 0 aromatic heterocycles. The van der Waals surface area contributed by atoms with Gasteiger partial charge in [0.15, 0.2) is 0 Å². The fraction of sp³-hybridized carbons (Fsp3) is 0.400. The lowest BCUT2D eigenvalue weighted by atomic mass is 9.87. The normalized spacial score (nSPS) is 11.7. The van der Waals surface area contributed by atoms with Crippen molar-refractivity contribution in [1.82, 2.24) is 0 Å². The van der Waals surface area contributed by atoms with Crippen LogP contribution < -0.4 is 0 Å². The minimum atomic E-state index is -0.112. The third-order valence-electron chi connectivity index (χ3n) is 2.06. The van der Waals surface area contributed by atoms with Crippen molar-refractivity contribution in [3.63, 3.8) is 0 Å². The fourth-order valence-corrected chi connectivity index (χ4v) is 1.34. The van der Waals surface area contributed by atoms with Gasteiger partial charge in [0.25, 0.3) is 0 Å². The first-order valence-corrected chi connectivity index (χ1v) is 4.93. The SMILES string of the molecule is CC(C)(CCl)c1ccc(O)c(Cl)c1. The van der Waals surface area contributed by atoms with E-state index in [0.717, 1.165) is 5.56 Å². The van der Waals surface area contributed by atoms with Gasteiger partial charge in [0.05, 0.1) is 5.02 Å². The van der Waals surface area contributed by atoms with E-state index in [2.05, 4.69) is 0 Å². The van der Waals surface area contributed by atoms with Crippen LogP contribution in [0.25, 0.3) is 0 Å². The van der Waals surface area contributed by atoms with Gasteiger partial charge in [0.2, 0.25) is 0 Å². The van der Waals surface area contributed by atoms with Gasteiger partial charge in [-0.3, -0.25) is 0 Å². The van der Waals surface area contributed by atoms with Crippen molar-refractivity contribution in [2.45, 2.75) is 19.3 Å². The van der Waals surface area contributed by atoms with E-state index in [4.69, 9.17) is 23.2 Å². The quantitative estimate of drug-likeness (QED) is 0.754. The number of hydrogen-bond acceptors (Lipinski definition) is 1. The van der Waals surface area contributed by atoms with Crippen LogP contribution in [0.1, 0.15) is 19.4 Å². The Morgan fingerprint density at radius 3 is 2.46 bits per heavy atom. The molecule has 1 aromatic rings. The van der Waals surface area contributed by atoms with E-state index in [9.17, 15) is 5.11 Å². The minimum absolute atomic E-state index is 0.107. The third-order valence-corrected chi connectivity index (χ3v) is 3.03. The summed E-state index contributed by atoms with van der Waals surface area (Å²) in [6.07, 6.45) is 0. The Labute approximate surface area is 88.3 Å². The Morgan fingerprint density at radius 1 is 1.38 bits per heavy atom. The van der Waals surface area contributed by atoms with Gasteiger partial charge in [0, 0.05) is 11.3 Å². The maximum absolute atomic E-state index is 9.22. The van der Waals surface area contributed by atoms with Crippen LogP contribution in [0, 0.1) is 0 Å². The number of rotatable bonds is 2. The molecule has 1 rings (SSSR count). The highest BCUT2D eigenvalue weighted by Gasteiger charge is 2.19. The zero-order chi connectivity index (χ0) is 10.1. The van der Waals surface area contributed by atoms with Gasteiger partial charge in [0.1, 0.15) is 5.75 Å². The van der Waals surface area contributed by atoms with Gasteiger partial charge in [-0.1, -0.05) is 31.5 Å². The molecule has 1 aromatic carbocycles. The molecule has 0 saturated carbocycles. The molecule has 1 nitrogen and oxygen atoms in total. The van der Waals surface area contributed by atoms with Crippen molar-refractivity contribution >= 4 is 23.2 Å². The van der Waals surface area contributed by atoms with Crippen LogP contribution in [0.3, 0.4) is 0 Å². The van der Waals surface area contributed by atoms with E-state index in [1.165, 1.54) is 0 Å². The zero-order valence-corrected chi connectivity index (χ0v) is 9.15. The summed E-state index contributed by atoms with van der Waals surface area (Å²) in [6.45, 7) is 4.06. The van der Waals surface area contributed by atoms with E-state index in [1.807, 2.05) is 19.9 Å². The molecule has 0 radical (unpaired) electrons. The van der Waals surface area contributed by atoms with E-state index in [-0.39, 0.29) is 11.2 Å². The summed E-state index contributed by atoms with van der Waals surface area (Å²) < 4.78 is 0. The molecule has 0 aliphatic rings. The van der Waals surface area contributed by atoms with Crippen LogP contribution in [0.15, 0.2) is 18.2 Å². The molecule has 0 heterocycles. The van der Waals surface area contributed by atoms with Crippen molar-refractivity contribution < 1.29 is 5.11 Å². The van der Waals surface area contributed by atoms with Crippen molar-refractivity contribution in [2.24, 2.45) is 0 Å². The number of aromatic hydroxyl groups is 1. The highest BCUT2D eigenvalue weighted by Crippen LogP contribution is 2.31. The van der Waals surface area contributed by atoms with Crippen LogP contribution in [0.2, 0.25) is 5.02 Å². The van der Waals surface area contributed by atoms with Gasteiger partial charge < -0.3 is 5.11 Å². The standard InChI is InChI=1S/C10H12Cl2O/c1-10(2,6-11)7-3-4-9(13)8(12)5-7/h3-5,13H,6H2,1-2H3. The Bertz CT molecular complexity index is 308. The van der Waals surface area contributed by atoms with Gasteiger partial charge in [-0.2, -0.15) is 0 Å². The largest absolute Gasteiger partial charge is 0.506 e. The third kappa shape index (κ3) is 2.29. The smallest absolute Gasteiger partial charge is 0.134 e. The first kappa shape index (κ1) is 10.7. The highest BCUT2D eigenvalue weighted by molar-refractivity contribution is 6.32. The van der Waals surface area contributed by atoms with Gasteiger partial charge in [-0.25, -0.2) is 0 Å². The molecule has 0 aliphatic heterocycles. The Kier molecular flexibility index (Phi) is 3.09. The van der Waals surface area contributed by atoms with E-state index in [0.29, 0.717) is 10.9 Å². The van der Waals surface area contributed by atoms with Crippen molar-refractivity contribution in [3.05, 3.63) is 28.8 Å². The molecule has 13 heavy (non-hydrogen) atoms. The van der Waals surface area contributed by atoms with E-state index < -0.39 is 0 Å². The van der Waals surface area contributed by atoms with E-state index in [1.54, 1.807) is 12.1 Å². The Morgan fingerprint density at radius 2 is 2.00 bits per heavy atom. The molecule has 3 heteroatoms. The predicted molar refractivity (Wildman–Crippen MR) is 56.9 cm³/mol. The maximum Gasteiger partial charge on any atom is 0.134 e. The lowest BCUT2D eigenvalue weighted by Gasteiger charge is -2.22. The summed E-state index contributed by atoms with van der Waals surface area (Å²) in [6, 6.07) is 5.18. The number of hydrogen-bond donors (Lipinski definition) is 1. The molecular weight excluding hydrogens is 207 g/mol. The minimum Gasteiger partial charge on any atom is -0.506 e. The van der Waals surface area contributed by atoms with Crippen LogP contribution in [0.5, 0.6) is 5.75 Å². The number of halogens is 2. The molecule has 0 spiro atoms. The Balaban J connectivity index is 3.10. The predicted octanol–water partition coefficient (Wildman–Crippen LogP) is 3.56. The van der Waals surface area contributed by atoms with Gasteiger partial charge in [-0.15, -0.1) is 11.6 Å². The van der Waals surface area contributed by atoms with Crippen LogP contribution >= 0.6 is 23.2 Å². The second kappa shape index (κ2) is 3.77. The lowest BCUT2D eigenvalue weighted by Crippen LogP contribution is -2.18. The second-order valence-electron chi connectivity index (χ2n) is 3.68. The molecule has 72 valence electrons. The zero-order valence-electron chi connectivity index (χ0n) is 7.64. The molecule has 0 aliphatic carbocycles. The molecule has 1 N–H and O–H groups in total. The van der Waals surface area contributed by atoms with E-state index >= 15 is 0 Å². The molecule has 0 unspecified atom stereocenters. The average Bonchev–Trinajstić information content (AvgIpc) is 2.09. The first-order chi connectivity index (χ1) is 5.97. The van der Waals surface area contributed by atoms with Crippen LogP contribution in [-0.2, 0) is 5.41 Å². The molecule has 0 amide bonds. The van der Waals surface area contributed by atoms with Crippen LogP contribution in [-0.4, -0.2) is 11.0 Å². The molecule has 0 saturated heterocycles. The van der Waals surface area contributed by atoms with Gasteiger partial charge >= 0.3 is 0 Å². The monoisotopic (exact) mass is 218 g/mol. The van der Waals surface area contributed by atoms with Crippen molar-refractivity contribution in [3.8, 4) is 5.75 Å². The summed E-state index contributed by atoms with van der Waals surface area (Å²) >= 11 is 11.6. The van der Waals surface area contributed by atoms with Gasteiger partial charge in [-0.05, 0) is 17.7 Å². The number of phenols is 1. The number of alkyl halides is 1.